The third-order valence-corrected chi connectivity index (χ3v) is 11.7. The quantitative estimate of drug-likeness (QED) is 0.149. The zero-order chi connectivity index (χ0) is 41.7. The van der Waals surface area contributed by atoms with E-state index in [1.54, 1.807) is 0 Å². The monoisotopic (exact) mass is 805 g/mol. The van der Waals surface area contributed by atoms with Gasteiger partial charge in [-0.1, -0.05) is 176 Å². The van der Waals surface area contributed by atoms with Gasteiger partial charge in [-0.2, -0.15) is 0 Å². The predicted molar refractivity (Wildman–Crippen MR) is 256 cm³/mol. The normalized spacial score (nSPS) is 11.5. The third kappa shape index (κ3) is 6.67. The Hall–Kier alpha value is -8.61. The highest BCUT2D eigenvalue weighted by Crippen LogP contribution is 2.41. The van der Waals surface area contributed by atoms with Crippen LogP contribution in [0.3, 0.4) is 0 Å². The Morgan fingerprint density at radius 3 is 1.32 bits per heavy atom. The summed E-state index contributed by atoms with van der Waals surface area (Å²) in [5, 5.41) is 3.97. The lowest BCUT2D eigenvalue weighted by Gasteiger charge is -2.11. The van der Waals surface area contributed by atoms with E-state index in [1.807, 2.05) is 60.7 Å². The molecule has 8 aromatic carbocycles. The second kappa shape index (κ2) is 15.1. The number of furan rings is 1. The molecule has 0 saturated heterocycles. The molecule has 0 aliphatic rings. The minimum Gasteiger partial charge on any atom is -0.455 e. The molecule has 12 aromatic rings. The fourth-order valence-corrected chi connectivity index (χ4v) is 8.48. The van der Waals surface area contributed by atoms with Crippen molar-refractivity contribution in [2.75, 3.05) is 0 Å². The first kappa shape index (κ1) is 36.3. The Labute approximate surface area is 362 Å². The van der Waals surface area contributed by atoms with Crippen molar-refractivity contribution in [1.82, 2.24) is 24.9 Å². The SMILES string of the molecule is c1ccc(-c2ccc(-c3nc(-c4ccccc4)nc(-c4cc(-c5ccc6ccc7ccc(-c8ccccc8)nc7c6n5)cc5c4oc4ccc(-c6ccccc6)cc45)n3)cc2)cc1. The molecule has 6 nitrogen and oxygen atoms in total. The van der Waals surface area contributed by atoms with Crippen molar-refractivity contribution in [1.29, 1.82) is 0 Å². The minimum absolute atomic E-state index is 0.501. The molecular formula is C57H35N5O. The van der Waals surface area contributed by atoms with Gasteiger partial charge in [0.05, 0.1) is 28.0 Å². The highest BCUT2D eigenvalue weighted by molar-refractivity contribution is 6.12. The largest absolute Gasteiger partial charge is 0.455 e. The predicted octanol–water partition coefficient (Wildman–Crippen LogP) is 14.5. The topological polar surface area (TPSA) is 77.6 Å². The molecule has 0 radical (unpaired) electrons. The Kier molecular flexibility index (Phi) is 8.71. The number of rotatable bonds is 7. The lowest BCUT2D eigenvalue weighted by molar-refractivity contribution is 0.669. The van der Waals surface area contributed by atoms with E-state index in [0.717, 1.165) is 99.6 Å². The van der Waals surface area contributed by atoms with E-state index >= 15 is 0 Å². The Morgan fingerprint density at radius 1 is 0.286 bits per heavy atom. The summed E-state index contributed by atoms with van der Waals surface area (Å²) in [4.78, 5) is 26.1. The van der Waals surface area contributed by atoms with Gasteiger partial charge in [0, 0.05) is 43.8 Å². The van der Waals surface area contributed by atoms with E-state index in [9.17, 15) is 0 Å². The van der Waals surface area contributed by atoms with Gasteiger partial charge >= 0.3 is 0 Å². The van der Waals surface area contributed by atoms with Crippen LogP contribution in [0.2, 0.25) is 0 Å². The molecule has 0 amide bonds. The average molecular weight is 806 g/mol. The molecule has 12 rings (SSSR count). The van der Waals surface area contributed by atoms with Gasteiger partial charge in [0.2, 0.25) is 0 Å². The smallest absolute Gasteiger partial charge is 0.167 e. The molecule has 0 N–H and O–H groups in total. The van der Waals surface area contributed by atoms with Crippen LogP contribution >= 0.6 is 0 Å². The van der Waals surface area contributed by atoms with E-state index in [0.29, 0.717) is 23.1 Å². The maximum absolute atomic E-state index is 6.83. The number of hydrogen-bond donors (Lipinski definition) is 0. The van der Waals surface area contributed by atoms with Gasteiger partial charge in [-0.05, 0) is 58.7 Å². The van der Waals surface area contributed by atoms with Crippen LogP contribution in [0.1, 0.15) is 0 Å². The highest BCUT2D eigenvalue weighted by Gasteiger charge is 2.21. The van der Waals surface area contributed by atoms with E-state index < -0.39 is 0 Å². The van der Waals surface area contributed by atoms with Crippen molar-refractivity contribution in [3.63, 3.8) is 0 Å². The molecule has 4 heterocycles. The number of fused-ring (bicyclic) bond motifs is 6. The molecule has 0 unspecified atom stereocenters. The molecule has 0 saturated carbocycles. The summed E-state index contributed by atoms with van der Waals surface area (Å²) in [6.45, 7) is 0. The molecule has 0 aliphatic carbocycles. The van der Waals surface area contributed by atoms with Gasteiger partial charge < -0.3 is 4.42 Å². The van der Waals surface area contributed by atoms with E-state index in [1.165, 1.54) is 0 Å². The van der Waals surface area contributed by atoms with Gasteiger partial charge in [-0.15, -0.1) is 0 Å². The van der Waals surface area contributed by atoms with Crippen molar-refractivity contribution in [3.8, 4) is 78.9 Å². The molecule has 294 valence electrons. The Morgan fingerprint density at radius 2 is 0.714 bits per heavy atom. The second-order valence-corrected chi connectivity index (χ2v) is 15.7. The molecule has 4 aromatic heterocycles. The molecule has 63 heavy (non-hydrogen) atoms. The minimum atomic E-state index is 0.501. The van der Waals surface area contributed by atoms with Crippen LogP contribution in [0.25, 0.3) is 123 Å². The first-order chi connectivity index (χ1) is 31.2. The van der Waals surface area contributed by atoms with Crippen LogP contribution in [0.15, 0.2) is 217 Å². The summed E-state index contributed by atoms with van der Waals surface area (Å²) < 4.78 is 6.83. The maximum Gasteiger partial charge on any atom is 0.167 e. The first-order valence-electron chi connectivity index (χ1n) is 21.0. The molecular weight excluding hydrogens is 771 g/mol. The van der Waals surface area contributed by atoms with E-state index in [2.05, 4.69) is 152 Å². The van der Waals surface area contributed by atoms with Crippen molar-refractivity contribution in [2.24, 2.45) is 0 Å². The molecule has 0 atom stereocenters. The van der Waals surface area contributed by atoms with Crippen molar-refractivity contribution in [2.45, 2.75) is 0 Å². The Balaban J connectivity index is 1.09. The standard InChI is InChI=1S/C57H35N5O/c1-5-13-36(14-6-1)38-21-25-43(26-22-38)56-60-55(42-19-11-4-12-20-42)61-57(62-56)48-35-45(34-47-46-33-44(37-15-7-2-8-16-37)29-32-51(46)63-54(47)48)50-31-28-41-24-23-40-27-30-49(39-17-9-3-10-18-39)58-52(40)53(41)59-50/h1-35H. The maximum atomic E-state index is 6.83. The Bertz CT molecular complexity index is 3650. The van der Waals surface area contributed by atoms with Crippen LogP contribution < -0.4 is 0 Å². The van der Waals surface area contributed by atoms with Crippen LogP contribution in [0.5, 0.6) is 0 Å². The number of pyridine rings is 2. The summed E-state index contributed by atoms with van der Waals surface area (Å²) in [6.07, 6.45) is 0. The van der Waals surface area contributed by atoms with E-state index in [4.69, 9.17) is 29.3 Å². The summed E-state index contributed by atoms with van der Waals surface area (Å²) >= 11 is 0. The molecule has 0 aliphatic heterocycles. The fourth-order valence-electron chi connectivity index (χ4n) is 8.48. The summed E-state index contributed by atoms with van der Waals surface area (Å²) in [5.74, 6) is 1.63. The van der Waals surface area contributed by atoms with Gasteiger partial charge in [0.25, 0.3) is 0 Å². The summed E-state index contributed by atoms with van der Waals surface area (Å²) in [7, 11) is 0. The van der Waals surface area contributed by atoms with Crippen molar-refractivity contribution >= 4 is 43.7 Å². The van der Waals surface area contributed by atoms with Crippen LogP contribution in [0.4, 0.5) is 0 Å². The first-order valence-corrected chi connectivity index (χ1v) is 21.0. The van der Waals surface area contributed by atoms with Crippen molar-refractivity contribution < 1.29 is 4.42 Å². The zero-order valence-electron chi connectivity index (χ0n) is 33.9. The third-order valence-electron chi connectivity index (χ3n) is 11.7. The number of hydrogen-bond acceptors (Lipinski definition) is 6. The van der Waals surface area contributed by atoms with Crippen LogP contribution in [-0.4, -0.2) is 24.9 Å². The van der Waals surface area contributed by atoms with Gasteiger partial charge in [0.15, 0.2) is 17.5 Å². The number of benzene rings is 8. The molecule has 0 fully saturated rings. The average Bonchev–Trinajstić information content (AvgIpc) is 3.74. The lowest BCUT2D eigenvalue weighted by Crippen LogP contribution is -2.00. The van der Waals surface area contributed by atoms with Gasteiger partial charge in [0.1, 0.15) is 11.2 Å². The van der Waals surface area contributed by atoms with Crippen LogP contribution in [-0.2, 0) is 0 Å². The molecule has 0 bridgehead atoms. The lowest BCUT2D eigenvalue weighted by atomic mass is 9.99. The summed E-state index contributed by atoms with van der Waals surface area (Å²) in [5.41, 5.74) is 13.8. The second-order valence-electron chi connectivity index (χ2n) is 15.7. The van der Waals surface area contributed by atoms with E-state index in [-0.39, 0.29) is 0 Å². The number of nitrogens with zero attached hydrogens (tertiary/aromatic N) is 5. The fraction of sp³-hybridized carbons (Fsp3) is 0. The van der Waals surface area contributed by atoms with Gasteiger partial charge in [-0.3, -0.25) is 0 Å². The summed E-state index contributed by atoms with van der Waals surface area (Å²) in [6, 6.07) is 72.8. The van der Waals surface area contributed by atoms with Crippen molar-refractivity contribution in [3.05, 3.63) is 212 Å². The highest BCUT2D eigenvalue weighted by atomic mass is 16.3. The number of aromatic nitrogens is 5. The molecule has 0 spiro atoms. The molecule has 6 heteroatoms. The van der Waals surface area contributed by atoms with Crippen LogP contribution in [0, 0.1) is 0 Å². The zero-order valence-corrected chi connectivity index (χ0v) is 33.9. The van der Waals surface area contributed by atoms with Gasteiger partial charge in [-0.25, -0.2) is 24.9 Å².